The molecule has 6 nitrogen and oxygen atoms in total. The highest BCUT2D eigenvalue weighted by Crippen LogP contribution is 2.26. The van der Waals surface area contributed by atoms with Crippen LogP contribution in [0, 0.1) is 13.8 Å². The number of carbonyl (C=O) groups is 1. The molecule has 0 fully saturated rings. The van der Waals surface area contributed by atoms with Crippen LogP contribution in [-0.4, -0.2) is 28.2 Å². The number of hydrogen-bond donors (Lipinski definition) is 2. The molecule has 0 aliphatic rings. The van der Waals surface area contributed by atoms with E-state index in [1.807, 2.05) is 6.92 Å². The smallest absolute Gasteiger partial charge is 0.356 e. The third-order valence-electron chi connectivity index (χ3n) is 2.65. The van der Waals surface area contributed by atoms with Gasteiger partial charge in [0.25, 0.3) is 0 Å². The van der Waals surface area contributed by atoms with Crippen molar-refractivity contribution < 1.29 is 14.6 Å². The Morgan fingerprint density at radius 1 is 1.25 bits per heavy atom. The van der Waals surface area contributed by atoms with Gasteiger partial charge < -0.3 is 15.2 Å². The molecule has 0 bridgehead atoms. The predicted octanol–water partition coefficient (Wildman–Crippen LogP) is 2.33. The van der Waals surface area contributed by atoms with Crippen LogP contribution >= 0.6 is 0 Å². The molecule has 0 saturated heterocycles. The van der Waals surface area contributed by atoms with Crippen molar-refractivity contribution in [3.63, 3.8) is 0 Å². The van der Waals surface area contributed by atoms with Gasteiger partial charge in [-0.2, -0.15) is 0 Å². The fourth-order valence-electron chi connectivity index (χ4n) is 1.70. The first kappa shape index (κ1) is 13.8. The quantitative estimate of drug-likeness (QED) is 0.659. The second-order valence-electron chi connectivity index (χ2n) is 4.36. The maximum Gasteiger partial charge on any atom is 0.356 e. The van der Waals surface area contributed by atoms with Crippen molar-refractivity contribution in [2.24, 2.45) is 0 Å². The van der Waals surface area contributed by atoms with Crippen LogP contribution in [0.1, 0.15) is 21.7 Å². The van der Waals surface area contributed by atoms with Crippen molar-refractivity contribution in [2.75, 3.05) is 12.4 Å². The van der Waals surface area contributed by atoms with E-state index in [0.717, 1.165) is 5.56 Å². The maximum absolute atomic E-state index is 11.5. The molecule has 0 atom stereocenters. The van der Waals surface area contributed by atoms with Gasteiger partial charge in [0.15, 0.2) is 5.69 Å². The summed E-state index contributed by atoms with van der Waals surface area (Å²) in [7, 11) is 1.29. The number of phenolic OH excluding ortho intramolecular Hbond substituents is 1. The van der Waals surface area contributed by atoms with Gasteiger partial charge in [-0.25, -0.2) is 14.8 Å². The van der Waals surface area contributed by atoms with E-state index in [4.69, 9.17) is 0 Å². The van der Waals surface area contributed by atoms with Crippen molar-refractivity contribution in [1.82, 2.24) is 9.97 Å². The number of nitrogens with one attached hydrogen (secondary N) is 1. The van der Waals surface area contributed by atoms with Crippen LogP contribution in [0.15, 0.2) is 24.3 Å². The number of hydrogen-bond acceptors (Lipinski definition) is 6. The normalized spacial score (nSPS) is 10.2. The topological polar surface area (TPSA) is 84.3 Å². The number of aryl methyl sites for hydroxylation is 2. The third-order valence-corrected chi connectivity index (χ3v) is 2.65. The number of phenols is 1. The van der Waals surface area contributed by atoms with Crippen molar-refractivity contribution in [3.8, 4) is 5.75 Å². The molecule has 0 amide bonds. The summed E-state index contributed by atoms with van der Waals surface area (Å²) >= 11 is 0. The Morgan fingerprint density at radius 2 is 2.00 bits per heavy atom. The summed E-state index contributed by atoms with van der Waals surface area (Å²) in [6.45, 7) is 3.65. The van der Waals surface area contributed by atoms with Gasteiger partial charge in [-0.15, -0.1) is 0 Å². The molecule has 2 aromatic rings. The molecule has 2 N–H and O–H groups in total. The summed E-state index contributed by atoms with van der Waals surface area (Å²) in [5, 5.41) is 12.7. The molecule has 0 aliphatic heterocycles. The molecule has 1 heterocycles. The molecule has 0 unspecified atom stereocenters. The molecule has 1 aromatic heterocycles. The van der Waals surface area contributed by atoms with E-state index in [2.05, 4.69) is 20.0 Å². The molecule has 0 radical (unpaired) electrons. The molecular formula is C14H15N3O3. The molecule has 20 heavy (non-hydrogen) atoms. The Morgan fingerprint density at radius 3 is 2.70 bits per heavy atom. The monoisotopic (exact) mass is 273 g/mol. The maximum atomic E-state index is 11.5. The lowest BCUT2D eigenvalue weighted by atomic mass is 10.2. The van der Waals surface area contributed by atoms with Crippen LogP contribution in [0.4, 0.5) is 11.6 Å². The highest BCUT2D eigenvalue weighted by atomic mass is 16.5. The number of anilines is 2. The lowest BCUT2D eigenvalue weighted by Crippen LogP contribution is -2.08. The van der Waals surface area contributed by atoms with Crippen molar-refractivity contribution in [3.05, 3.63) is 41.2 Å². The van der Waals surface area contributed by atoms with Gasteiger partial charge in [0.05, 0.1) is 12.8 Å². The first-order valence-corrected chi connectivity index (χ1v) is 6.00. The second-order valence-corrected chi connectivity index (χ2v) is 4.36. The summed E-state index contributed by atoms with van der Waals surface area (Å²) in [4.78, 5) is 19.7. The number of esters is 1. The van der Waals surface area contributed by atoms with E-state index >= 15 is 0 Å². The first-order valence-electron chi connectivity index (χ1n) is 6.00. The van der Waals surface area contributed by atoms with Crippen molar-refractivity contribution in [2.45, 2.75) is 13.8 Å². The molecule has 1 aromatic carbocycles. The molecule has 104 valence electrons. The summed E-state index contributed by atoms with van der Waals surface area (Å²) in [5.74, 6) is -0.223. The van der Waals surface area contributed by atoms with E-state index in [1.54, 1.807) is 25.1 Å². The van der Waals surface area contributed by atoms with Gasteiger partial charge in [-0.1, -0.05) is 6.07 Å². The van der Waals surface area contributed by atoms with Gasteiger partial charge in [0.2, 0.25) is 5.95 Å². The number of nitrogens with zero attached hydrogens (tertiary/aromatic N) is 2. The van der Waals surface area contributed by atoms with Crippen LogP contribution < -0.4 is 5.32 Å². The Balaban J connectivity index is 2.36. The molecule has 0 saturated carbocycles. The van der Waals surface area contributed by atoms with Crippen LogP contribution in [-0.2, 0) is 4.74 Å². The number of aromatic hydroxyl groups is 1. The molecule has 0 aliphatic carbocycles. The minimum absolute atomic E-state index is 0.0836. The van der Waals surface area contributed by atoms with Crippen LogP contribution in [0.2, 0.25) is 0 Å². The lowest BCUT2D eigenvalue weighted by Gasteiger charge is -2.09. The Bertz CT molecular complexity index is 656. The zero-order valence-electron chi connectivity index (χ0n) is 11.5. The summed E-state index contributed by atoms with van der Waals surface area (Å²) < 4.78 is 4.63. The van der Waals surface area contributed by atoms with Gasteiger partial charge in [-0.3, -0.25) is 0 Å². The van der Waals surface area contributed by atoms with Gasteiger partial charge >= 0.3 is 5.97 Å². The van der Waals surface area contributed by atoms with E-state index in [0.29, 0.717) is 11.4 Å². The Hall–Kier alpha value is -2.63. The van der Waals surface area contributed by atoms with Crippen LogP contribution in [0.3, 0.4) is 0 Å². The Kier molecular flexibility index (Phi) is 3.84. The van der Waals surface area contributed by atoms with E-state index < -0.39 is 5.97 Å². The van der Waals surface area contributed by atoms with Crippen LogP contribution in [0.5, 0.6) is 5.75 Å². The number of benzene rings is 1. The molecule has 0 spiro atoms. The molecular weight excluding hydrogens is 258 g/mol. The molecule has 6 heteroatoms. The van der Waals surface area contributed by atoms with E-state index in [-0.39, 0.29) is 17.4 Å². The number of carbonyl (C=O) groups excluding carboxylic acids is 1. The minimum atomic E-state index is -0.535. The highest BCUT2D eigenvalue weighted by molar-refractivity contribution is 5.87. The first-order chi connectivity index (χ1) is 9.49. The largest absolute Gasteiger partial charge is 0.506 e. The van der Waals surface area contributed by atoms with Crippen LogP contribution in [0.25, 0.3) is 0 Å². The van der Waals surface area contributed by atoms with E-state index in [9.17, 15) is 9.90 Å². The summed E-state index contributed by atoms with van der Waals surface area (Å²) in [6, 6.07) is 6.66. The second kappa shape index (κ2) is 5.56. The lowest BCUT2D eigenvalue weighted by molar-refractivity contribution is 0.0594. The minimum Gasteiger partial charge on any atom is -0.506 e. The molecule has 2 rings (SSSR count). The average Bonchev–Trinajstić information content (AvgIpc) is 2.41. The fraction of sp³-hybridized carbons (Fsp3) is 0.214. The predicted molar refractivity (Wildman–Crippen MR) is 74.2 cm³/mol. The summed E-state index contributed by atoms with van der Waals surface area (Å²) in [6.07, 6.45) is 0. The highest BCUT2D eigenvalue weighted by Gasteiger charge is 2.11. The fourth-order valence-corrected chi connectivity index (χ4v) is 1.70. The zero-order valence-corrected chi connectivity index (χ0v) is 11.5. The standard InChI is InChI=1S/C14H15N3O3/c1-8-4-5-12(18)10(6-8)16-14-15-9(2)7-11(17-14)13(19)20-3/h4-7,18H,1-3H3,(H,15,16,17). The number of methoxy groups -OCH3 is 1. The number of ether oxygens (including phenoxy) is 1. The average molecular weight is 273 g/mol. The number of aromatic nitrogens is 2. The van der Waals surface area contributed by atoms with E-state index in [1.165, 1.54) is 13.2 Å². The van der Waals surface area contributed by atoms with Crippen molar-refractivity contribution in [1.29, 1.82) is 0 Å². The zero-order chi connectivity index (χ0) is 14.7. The van der Waals surface area contributed by atoms with Gasteiger partial charge in [0.1, 0.15) is 5.75 Å². The Labute approximate surface area is 116 Å². The van der Waals surface area contributed by atoms with Crippen molar-refractivity contribution >= 4 is 17.6 Å². The van der Waals surface area contributed by atoms with Gasteiger partial charge in [-0.05, 0) is 37.6 Å². The summed E-state index contributed by atoms with van der Waals surface area (Å²) in [5.41, 5.74) is 2.24. The number of rotatable bonds is 3. The third kappa shape index (κ3) is 3.03. The SMILES string of the molecule is COC(=O)c1cc(C)nc(Nc2cc(C)ccc2O)n1. The van der Waals surface area contributed by atoms with Gasteiger partial charge in [0, 0.05) is 5.69 Å².